The van der Waals surface area contributed by atoms with Gasteiger partial charge >= 0.3 is 11.9 Å². The van der Waals surface area contributed by atoms with Gasteiger partial charge < -0.3 is 24.1 Å². The molecule has 6 rings (SSSR count). The predicted molar refractivity (Wildman–Crippen MR) is 188 cm³/mol. The van der Waals surface area contributed by atoms with Crippen molar-refractivity contribution in [2.24, 2.45) is 10.8 Å². The second-order valence-corrected chi connectivity index (χ2v) is 12.5. The summed E-state index contributed by atoms with van der Waals surface area (Å²) in [6.07, 6.45) is 1.95. The average molecular weight is 681 g/mol. The lowest BCUT2D eigenvalue weighted by Crippen LogP contribution is -2.46. The van der Waals surface area contributed by atoms with Gasteiger partial charge in [0.25, 0.3) is 0 Å². The number of benzene rings is 4. The van der Waals surface area contributed by atoms with Gasteiger partial charge in [0.2, 0.25) is 0 Å². The molecule has 262 valence electrons. The first-order valence-corrected chi connectivity index (χ1v) is 16.6. The lowest BCUT2D eigenvalue weighted by atomic mass is 9.84. The smallest absolute Gasteiger partial charge is 0.338 e. The van der Waals surface area contributed by atoms with Gasteiger partial charge in [-0.05, 0) is 37.1 Å². The van der Waals surface area contributed by atoms with E-state index in [1.54, 1.807) is 72.8 Å². The van der Waals surface area contributed by atoms with E-state index in [1.807, 2.05) is 36.4 Å². The molecule has 2 aliphatic rings. The maximum absolute atomic E-state index is 12.3. The Balaban J connectivity index is 0.000000189. The zero-order valence-corrected chi connectivity index (χ0v) is 28.8. The average Bonchev–Trinajstić information content (AvgIpc) is 3.15. The molecule has 0 aliphatic carbocycles. The summed E-state index contributed by atoms with van der Waals surface area (Å²) < 4.78 is 20.2. The van der Waals surface area contributed by atoms with Crippen molar-refractivity contribution in [3.63, 3.8) is 0 Å². The van der Waals surface area contributed by atoms with Crippen LogP contribution in [-0.4, -0.2) is 75.4 Å². The number of carbonyl (C=O) groups excluding carboxylic acids is 4. The van der Waals surface area contributed by atoms with E-state index in [4.69, 9.17) is 19.3 Å². The van der Waals surface area contributed by atoms with E-state index in [0.717, 1.165) is 26.1 Å². The monoisotopic (exact) mass is 680 g/mol. The molecule has 4 aromatic carbocycles. The predicted octanol–water partition coefficient (Wildman–Crippen LogP) is 6.61. The Hall–Kier alpha value is -4.96. The Labute approximate surface area is 293 Å². The highest BCUT2D eigenvalue weighted by molar-refractivity contribution is 6.10. The van der Waals surface area contributed by atoms with Crippen LogP contribution in [0.15, 0.2) is 109 Å². The Bertz CT molecular complexity index is 1670. The van der Waals surface area contributed by atoms with Gasteiger partial charge in [0.15, 0.2) is 11.6 Å². The molecule has 50 heavy (non-hydrogen) atoms. The third-order valence-corrected chi connectivity index (χ3v) is 9.00. The van der Waals surface area contributed by atoms with Crippen molar-refractivity contribution in [1.29, 1.82) is 0 Å². The number of esters is 2. The molecule has 9 nitrogen and oxygen atoms in total. The molecule has 0 unspecified atom stereocenters. The zero-order chi connectivity index (χ0) is 36.0. The van der Waals surface area contributed by atoms with E-state index >= 15 is 0 Å². The number of aliphatic hydroxyl groups excluding tert-OH is 1. The quantitative estimate of drug-likeness (QED) is 0.138. The third kappa shape index (κ3) is 9.81. The SMILES string of the molecule is CCC1(CO)COC1.CCC1(COC(=O)c2ccc(C(=O)c3ccccc3)cc2)COC1.COC(=O)c1ccc(C(=O)c2ccccc2)cc1. The lowest BCUT2D eigenvalue weighted by Gasteiger charge is -2.39. The minimum absolute atomic E-state index is 0.0289. The van der Waals surface area contributed by atoms with Crippen LogP contribution in [0, 0.1) is 10.8 Å². The number of ketones is 2. The molecule has 0 saturated carbocycles. The minimum Gasteiger partial charge on any atom is -0.465 e. The standard InChI is InChI=1S/C20H20O4.C15H12O3.C6H12O2/c1-2-20(12-23-13-20)14-24-19(22)17-10-8-16(9-11-17)18(21)15-6-4-3-5-7-15;1-18-15(17)13-9-7-12(8-10-13)14(16)11-5-3-2-4-6-11;1-2-6(3-7)4-8-5-6/h3-11H,2,12-14H2,1H3;2-10H,1H3;7H,2-5H2,1H3. The van der Waals surface area contributed by atoms with Crippen LogP contribution in [0.25, 0.3) is 0 Å². The highest BCUT2D eigenvalue weighted by atomic mass is 16.5. The second-order valence-electron chi connectivity index (χ2n) is 12.5. The fraction of sp³-hybridized carbons (Fsp3) is 0.317. The first-order chi connectivity index (χ1) is 24.2. The van der Waals surface area contributed by atoms with Crippen molar-refractivity contribution < 1.29 is 43.2 Å². The molecule has 0 bridgehead atoms. The fourth-order valence-corrected chi connectivity index (χ4v) is 5.03. The molecule has 0 radical (unpaired) electrons. The van der Waals surface area contributed by atoms with Crippen LogP contribution < -0.4 is 0 Å². The molecule has 9 heteroatoms. The summed E-state index contributed by atoms with van der Waals surface area (Å²) in [6, 6.07) is 31.1. The summed E-state index contributed by atoms with van der Waals surface area (Å²) >= 11 is 0. The van der Waals surface area contributed by atoms with E-state index in [9.17, 15) is 19.2 Å². The summed E-state index contributed by atoms with van der Waals surface area (Å²) in [6.45, 7) is 7.58. The molecule has 0 atom stereocenters. The van der Waals surface area contributed by atoms with E-state index in [0.29, 0.717) is 53.2 Å². The molecular formula is C41H44O9. The molecule has 0 spiro atoms. The number of hydrogen-bond acceptors (Lipinski definition) is 9. The number of carbonyl (C=O) groups is 4. The maximum atomic E-state index is 12.3. The van der Waals surface area contributed by atoms with Crippen molar-refractivity contribution >= 4 is 23.5 Å². The number of ether oxygens (including phenoxy) is 4. The summed E-state index contributed by atoms with van der Waals surface area (Å²) in [5.41, 5.74) is 3.35. The largest absolute Gasteiger partial charge is 0.465 e. The second kappa shape index (κ2) is 18.2. The van der Waals surface area contributed by atoms with E-state index in [1.165, 1.54) is 7.11 Å². The normalized spacial score (nSPS) is 14.9. The van der Waals surface area contributed by atoms with Crippen molar-refractivity contribution in [2.75, 3.05) is 46.8 Å². The Kier molecular flexibility index (Phi) is 13.7. The van der Waals surface area contributed by atoms with Gasteiger partial charge in [-0.15, -0.1) is 0 Å². The van der Waals surface area contributed by atoms with Gasteiger partial charge in [0, 0.05) is 27.7 Å². The Morgan fingerprint density at radius 3 is 1.22 bits per heavy atom. The van der Waals surface area contributed by atoms with Crippen molar-refractivity contribution in [3.8, 4) is 0 Å². The maximum Gasteiger partial charge on any atom is 0.338 e. The molecule has 0 aromatic heterocycles. The molecular weight excluding hydrogens is 636 g/mol. The van der Waals surface area contributed by atoms with Crippen LogP contribution in [0.1, 0.15) is 79.2 Å². The topological polar surface area (TPSA) is 125 Å². The summed E-state index contributed by atoms with van der Waals surface area (Å²) in [5, 5.41) is 8.76. The number of rotatable bonds is 11. The van der Waals surface area contributed by atoms with Gasteiger partial charge in [-0.1, -0.05) is 98.8 Å². The van der Waals surface area contributed by atoms with Gasteiger partial charge in [0.05, 0.1) is 56.7 Å². The molecule has 2 aliphatic heterocycles. The van der Waals surface area contributed by atoms with Gasteiger partial charge in [-0.25, -0.2) is 9.59 Å². The van der Waals surface area contributed by atoms with Crippen LogP contribution in [0.3, 0.4) is 0 Å². The van der Waals surface area contributed by atoms with Crippen LogP contribution in [0.5, 0.6) is 0 Å². The highest BCUT2D eigenvalue weighted by Crippen LogP contribution is 2.32. The van der Waals surface area contributed by atoms with Crippen LogP contribution >= 0.6 is 0 Å². The first kappa shape index (κ1) is 37.9. The van der Waals surface area contributed by atoms with Gasteiger partial charge in [0.1, 0.15) is 6.61 Å². The first-order valence-electron chi connectivity index (χ1n) is 16.6. The summed E-state index contributed by atoms with van der Waals surface area (Å²) in [5.74, 6) is -0.902. The highest BCUT2D eigenvalue weighted by Gasteiger charge is 2.38. The molecule has 2 fully saturated rings. The number of hydrogen-bond donors (Lipinski definition) is 1. The van der Waals surface area contributed by atoms with E-state index in [-0.39, 0.29) is 35.0 Å². The molecule has 2 heterocycles. The van der Waals surface area contributed by atoms with Gasteiger partial charge in [-0.2, -0.15) is 0 Å². The molecule has 2 saturated heterocycles. The van der Waals surface area contributed by atoms with Gasteiger partial charge in [-0.3, -0.25) is 9.59 Å². The summed E-state index contributed by atoms with van der Waals surface area (Å²) in [4.78, 5) is 47.8. The van der Waals surface area contributed by atoms with Crippen molar-refractivity contribution in [3.05, 3.63) is 143 Å². The van der Waals surface area contributed by atoms with Crippen LogP contribution in [0.4, 0.5) is 0 Å². The Morgan fingerprint density at radius 2 is 0.920 bits per heavy atom. The minimum atomic E-state index is -0.409. The zero-order valence-electron chi connectivity index (χ0n) is 28.8. The Morgan fingerprint density at radius 1 is 0.560 bits per heavy atom. The molecule has 1 N–H and O–H groups in total. The van der Waals surface area contributed by atoms with Crippen LogP contribution in [-0.2, 0) is 18.9 Å². The van der Waals surface area contributed by atoms with Crippen molar-refractivity contribution in [2.45, 2.75) is 26.7 Å². The van der Waals surface area contributed by atoms with Crippen molar-refractivity contribution in [1.82, 2.24) is 0 Å². The number of aliphatic hydroxyl groups is 1. The summed E-state index contributed by atoms with van der Waals surface area (Å²) in [7, 11) is 1.32. The van der Waals surface area contributed by atoms with E-state index in [2.05, 4.69) is 18.6 Å². The third-order valence-electron chi connectivity index (χ3n) is 9.00. The lowest BCUT2D eigenvalue weighted by molar-refractivity contribution is -0.140. The van der Waals surface area contributed by atoms with E-state index < -0.39 is 5.97 Å². The van der Waals surface area contributed by atoms with Crippen LogP contribution in [0.2, 0.25) is 0 Å². The number of methoxy groups -OCH3 is 1. The molecule has 0 amide bonds. The molecule has 4 aromatic rings. The fourth-order valence-electron chi connectivity index (χ4n) is 5.03.